The van der Waals surface area contributed by atoms with E-state index in [0.717, 1.165) is 25.2 Å². The molecule has 2 aromatic heterocycles. The average Bonchev–Trinajstić information content (AvgIpc) is 2.84. The molecule has 1 aromatic carbocycles. The number of anilines is 4. The third kappa shape index (κ3) is 5.73. The summed E-state index contributed by atoms with van der Waals surface area (Å²) < 4.78 is 0. The van der Waals surface area contributed by atoms with Gasteiger partial charge in [-0.1, -0.05) is 6.07 Å². The lowest BCUT2D eigenvalue weighted by Crippen LogP contribution is -2.31. The standard InChI is InChI=1S/C26H30N8O/c1-16(2)31-24(35)21-14-30-25(33-19-6-5-18-13-28-9-7-17(18)11-19)34-23(21)32-20-8-10-29-22(12-20)26(3,4)15-27/h5-6,8,10-12,14,16,28H,7,9,13H2,1-4H3,(H,31,35)(H2,29,30,32,33,34). The van der Waals surface area contributed by atoms with Crippen LogP contribution in [0.3, 0.4) is 0 Å². The second-order valence-electron chi connectivity index (χ2n) is 9.41. The van der Waals surface area contributed by atoms with Gasteiger partial charge >= 0.3 is 0 Å². The molecule has 0 aliphatic carbocycles. The van der Waals surface area contributed by atoms with Crippen molar-refractivity contribution in [3.8, 4) is 6.07 Å². The van der Waals surface area contributed by atoms with Gasteiger partial charge in [-0.05, 0) is 76.1 Å². The highest BCUT2D eigenvalue weighted by Crippen LogP contribution is 2.27. The van der Waals surface area contributed by atoms with Crippen molar-refractivity contribution < 1.29 is 4.79 Å². The lowest BCUT2D eigenvalue weighted by Gasteiger charge is -2.19. The van der Waals surface area contributed by atoms with E-state index in [1.165, 1.54) is 17.3 Å². The number of fused-ring (bicyclic) bond motifs is 1. The van der Waals surface area contributed by atoms with Crippen molar-refractivity contribution >= 4 is 29.0 Å². The van der Waals surface area contributed by atoms with E-state index in [0.29, 0.717) is 28.7 Å². The summed E-state index contributed by atoms with van der Waals surface area (Å²) in [6.07, 6.45) is 4.11. The molecule has 0 fully saturated rings. The minimum absolute atomic E-state index is 0.0397. The van der Waals surface area contributed by atoms with Crippen LogP contribution in [0.25, 0.3) is 0 Å². The zero-order valence-corrected chi connectivity index (χ0v) is 20.4. The maximum Gasteiger partial charge on any atom is 0.256 e. The first-order chi connectivity index (χ1) is 16.7. The van der Waals surface area contributed by atoms with Crippen LogP contribution in [-0.2, 0) is 18.4 Å². The van der Waals surface area contributed by atoms with Crippen molar-refractivity contribution in [1.82, 2.24) is 25.6 Å². The summed E-state index contributed by atoms with van der Waals surface area (Å²) in [4.78, 5) is 26.2. The second-order valence-corrected chi connectivity index (χ2v) is 9.41. The molecule has 9 nitrogen and oxygen atoms in total. The van der Waals surface area contributed by atoms with Crippen LogP contribution in [0.5, 0.6) is 0 Å². The van der Waals surface area contributed by atoms with E-state index < -0.39 is 5.41 Å². The lowest BCUT2D eigenvalue weighted by atomic mass is 9.90. The first kappa shape index (κ1) is 24.1. The molecule has 9 heteroatoms. The molecule has 0 saturated heterocycles. The van der Waals surface area contributed by atoms with Gasteiger partial charge in [0.05, 0.1) is 17.2 Å². The molecule has 0 atom stereocenters. The molecule has 35 heavy (non-hydrogen) atoms. The summed E-state index contributed by atoms with van der Waals surface area (Å²) in [5.74, 6) is 0.450. The molecule has 0 radical (unpaired) electrons. The van der Waals surface area contributed by atoms with Crippen LogP contribution in [0.1, 0.15) is 54.9 Å². The van der Waals surface area contributed by atoms with Crippen LogP contribution >= 0.6 is 0 Å². The number of nitrogens with zero attached hydrogens (tertiary/aromatic N) is 4. The summed E-state index contributed by atoms with van der Waals surface area (Å²) in [5.41, 5.74) is 4.33. The van der Waals surface area contributed by atoms with Crippen molar-refractivity contribution in [1.29, 1.82) is 5.26 Å². The Morgan fingerprint density at radius 1 is 1.11 bits per heavy atom. The largest absolute Gasteiger partial charge is 0.350 e. The Hall–Kier alpha value is -4.03. The molecule has 0 unspecified atom stereocenters. The van der Waals surface area contributed by atoms with Crippen molar-refractivity contribution in [2.45, 2.75) is 52.1 Å². The molecule has 1 aliphatic rings. The molecule has 4 rings (SSSR count). The van der Waals surface area contributed by atoms with E-state index >= 15 is 0 Å². The van der Waals surface area contributed by atoms with Crippen LogP contribution in [0, 0.1) is 11.3 Å². The van der Waals surface area contributed by atoms with Gasteiger partial charge in [-0.25, -0.2) is 4.98 Å². The van der Waals surface area contributed by atoms with Crippen molar-refractivity contribution in [2.24, 2.45) is 0 Å². The smallest absolute Gasteiger partial charge is 0.256 e. The average molecular weight is 471 g/mol. The lowest BCUT2D eigenvalue weighted by molar-refractivity contribution is 0.0943. The van der Waals surface area contributed by atoms with Crippen LogP contribution < -0.4 is 21.3 Å². The predicted octanol–water partition coefficient (Wildman–Crippen LogP) is 3.94. The number of carbonyl (C=O) groups is 1. The number of carbonyl (C=O) groups excluding carboxylic acids is 1. The number of rotatable bonds is 7. The Morgan fingerprint density at radius 3 is 2.69 bits per heavy atom. The monoisotopic (exact) mass is 470 g/mol. The predicted molar refractivity (Wildman–Crippen MR) is 136 cm³/mol. The number of nitrogens with one attached hydrogen (secondary N) is 4. The summed E-state index contributed by atoms with van der Waals surface area (Å²) in [5, 5.41) is 22.2. The molecule has 1 aliphatic heterocycles. The highest BCUT2D eigenvalue weighted by molar-refractivity contribution is 5.99. The molecule has 3 heterocycles. The number of pyridine rings is 1. The topological polar surface area (TPSA) is 128 Å². The zero-order chi connectivity index (χ0) is 25.0. The van der Waals surface area contributed by atoms with Gasteiger partial charge in [0.25, 0.3) is 5.91 Å². The van der Waals surface area contributed by atoms with E-state index in [2.05, 4.69) is 54.4 Å². The fraction of sp³-hybridized carbons (Fsp3) is 0.346. The molecular formula is C26H30N8O. The van der Waals surface area contributed by atoms with Crippen LogP contribution in [0.4, 0.5) is 23.1 Å². The molecule has 0 bridgehead atoms. The van der Waals surface area contributed by atoms with Crippen molar-refractivity contribution in [2.75, 3.05) is 17.2 Å². The summed E-state index contributed by atoms with van der Waals surface area (Å²) in [6, 6.07) is 12.0. The van der Waals surface area contributed by atoms with Crippen LogP contribution in [0.2, 0.25) is 0 Å². The van der Waals surface area contributed by atoms with Gasteiger partial charge in [0, 0.05) is 36.4 Å². The highest BCUT2D eigenvalue weighted by atomic mass is 16.1. The normalized spacial score (nSPS) is 13.0. The second kappa shape index (κ2) is 10.1. The Bertz CT molecular complexity index is 1280. The van der Waals surface area contributed by atoms with E-state index in [4.69, 9.17) is 0 Å². The molecule has 0 spiro atoms. The maximum absolute atomic E-state index is 12.9. The van der Waals surface area contributed by atoms with Crippen molar-refractivity contribution in [3.63, 3.8) is 0 Å². The Morgan fingerprint density at radius 2 is 1.91 bits per heavy atom. The number of hydrogen-bond acceptors (Lipinski definition) is 8. The minimum atomic E-state index is -0.754. The van der Waals surface area contributed by atoms with E-state index in [1.807, 2.05) is 33.8 Å². The number of aromatic nitrogens is 3. The molecule has 4 N–H and O–H groups in total. The first-order valence-corrected chi connectivity index (χ1v) is 11.7. The number of nitriles is 1. The Labute approximate surface area is 205 Å². The van der Waals surface area contributed by atoms with E-state index in [1.54, 1.807) is 18.3 Å². The number of benzene rings is 1. The minimum Gasteiger partial charge on any atom is -0.350 e. The van der Waals surface area contributed by atoms with Gasteiger partial charge in [-0.2, -0.15) is 10.2 Å². The van der Waals surface area contributed by atoms with Gasteiger partial charge in [-0.15, -0.1) is 0 Å². The number of amides is 1. The third-order valence-electron chi connectivity index (χ3n) is 5.74. The van der Waals surface area contributed by atoms with Gasteiger partial charge in [0.2, 0.25) is 5.95 Å². The highest BCUT2D eigenvalue weighted by Gasteiger charge is 2.22. The van der Waals surface area contributed by atoms with Gasteiger partial charge in [0.15, 0.2) is 0 Å². The zero-order valence-electron chi connectivity index (χ0n) is 20.4. The fourth-order valence-corrected chi connectivity index (χ4v) is 3.77. The molecule has 180 valence electrons. The molecule has 3 aromatic rings. The fourth-order valence-electron chi connectivity index (χ4n) is 3.77. The summed E-state index contributed by atoms with van der Waals surface area (Å²) in [7, 11) is 0. The maximum atomic E-state index is 12.9. The number of hydrogen-bond donors (Lipinski definition) is 4. The SMILES string of the molecule is CC(C)NC(=O)c1cnc(Nc2ccc3c(c2)CCNC3)nc1Nc1ccnc(C(C)(C)C#N)c1. The van der Waals surface area contributed by atoms with Gasteiger partial charge in [0.1, 0.15) is 11.4 Å². The Balaban J connectivity index is 1.66. The van der Waals surface area contributed by atoms with Crippen LogP contribution in [-0.4, -0.2) is 33.4 Å². The van der Waals surface area contributed by atoms with E-state index in [9.17, 15) is 10.1 Å². The van der Waals surface area contributed by atoms with Gasteiger partial charge < -0.3 is 21.3 Å². The summed E-state index contributed by atoms with van der Waals surface area (Å²) in [6.45, 7) is 9.23. The Kier molecular flexibility index (Phi) is 6.94. The molecular weight excluding hydrogens is 440 g/mol. The first-order valence-electron chi connectivity index (χ1n) is 11.7. The third-order valence-corrected chi connectivity index (χ3v) is 5.74. The van der Waals surface area contributed by atoms with Crippen molar-refractivity contribution in [3.05, 3.63) is 65.1 Å². The van der Waals surface area contributed by atoms with E-state index in [-0.39, 0.29) is 11.9 Å². The summed E-state index contributed by atoms with van der Waals surface area (Å²) >= 11 is 0. The van der Waals surface area contributed by atoms with Crippen LogP contribution in [0.15, 0.2) is 42.7 Å². The van der Waals surface area contributed by atoms with Gasteiger partial charge in [-0.3, -0.25) is 9.78 Å². The molecule has 0 saturated carbocycles. The molecule has 1 amide bonds. The quantitative estimate of drug-likeness (QED) is 0.409.